The molecule has 0 aliphatic carbocycles. The molecule has 0 amide bonds. The minimum atomic E-state index is -0.0708. The molecule has 0 unspecified atom stereocenters. The number of aryl methyl sites for hydroxylation is 1. The number of Topliss-reactive ketones (excluding diaryl/α,β-unsaturated/α-hetero) is 1. The fourth-order valence-electron chi connectivity index (χ4n) is 2.29. The number of ether oxygens (including phenoxy) is 1. The Morgan fingerprint density at radius 2 is 1.67 bits per heavy atom. The van der Waals surface area contributed by atoms with E-state index in [4.69, 9.17) is 9.15 Å². The van der Waals surface area contributed by atoms with Crippen LogP contribution < -0.4 is 10.2 Å². The predicted molar refractivity (Wildman–Crippen MR) is 82.9 cm³/mol. The molecule has 0 saturated heterocycles. The number of hydrogen-bond acceptors (Lipinski definition) is 4. The van der Waals surface area contributed by atoms with Gasteiger partial charge in [-0.3, -0.25) is 4.79 Å². The number of unbranched alkanes of at least 4 members (excludes halogenated alkanes) is 6. The van der Waals surface area contributed by atoms with Crippen LogP contribution in [0.25, 0.3) is 0 Å². The van der Waals surface area contributed by atoms with Gasteiger partial charge in [-0.2, -0.15) is 0 Å². The Balaban J connectivity index is 2.08. The highest BCUT2D eigenvalue weighted by Crippen LogP contribution is 2.14. The second-order valence-corrected chi connectivity index (χ2v) is 5.46. The molecule has 1 heterocycles. The first-order chi connectivity index (χ1) is 10.1. The van der Waals surface area contributed by atoms with Crippen LogP contribution in [0.5, 0.6) is 5.95 Å². The molecule has 0 radical (unpaired) electrons. The molecule has 0 fully saturated rings. The van der Waals surface area contributed by atoms with Gasteiger partial charge in [0.2, 0.25) is 0 Å². The smallest absolute Gasteiger partial charge is 0.288 e. The van der Waals surface area contributed by atoms with Crippen LogP contribution in [-0.4, -0.2) is 12.9 Å². The molecule has 0 aliphatic rings. The van der Waals surface area contributed by atoms with Gasteiger partial charge in [0.1, 0.15) is 11.5 Å². The number of ketones is 1. The standard InChI is InChI=1S/C17H26O4/c1-14(18)10-8-6-4-3-5-7-9-11-16-12-15(19)13-17(20-2)21-16/h12-13H,3-11H2,1-2H3. The number of carbonyl (C=O) groups excluding carboxylic acids is 1. The summed E-state index contributed by atoms with van der Waals surface area (Å²) >= 11 is 0. The minimum Gasteiger partial charge on any atom is -0.468 e. The lowest BCUT2D eigenvalue weighted by Gasteiger charge is -2.04. The van der Waals surface area contributed by atoms with Crippen LogP contribution in [0.15, 0.2) is 21.3 Å². The van der Waals surface area contributed by atoms with Crippen LogP contribution in [0.2, 0.25) is 0 Å². The molecule has 118 valence electrons. The van der Waals surface area contributed by atoms with Crippen molar-refractivity contribution < 1.29 is 13.9 Å². The summed E-state index contributed by atoms with van der Waals surface area (Å²) in [4.78, 5) is 22.2. The molecule has 0 spiro atoms. The fourth-order valence-corrected chi connectivity index (χ4v) is 2.29. The first kappa shape index (κ1) is 17.5. The highest BCUT2D eigenvalue weighted by atomic mass is 16.6. The maximum Gasteiger partial charge on any atom is 0.288 e. The van der Waals surface area contributed by atoms with Crippen LogP contribution in [0, 0.1) is 0 Å². The van der Waals surface area contributed by atoms with E-state index >= 15 is 0 Å². The van der Waals surface area contributed by atoms with Gasteiger partial charge in [-0.15, -0.1) is 0 Å². The van der Waals surface area contributed by atoms with Crippen molar-refractivity contribution in [1.82, 2.24) is 0 Å². The molecule has 0 atom stereocenters. The summed E-state index contributed by atoms with van der Waals surface area (Å²) in [6, 6.07) is 2.88. The minimum absolute atomic E-state index is 0.0708. The quantitative estimate of drug-likeness (QED) is 0.581. The fraction of sp³-hybridized carbons (Fsp3) is 0.647. The van der Waals surface area contributed by atoms with E-state index in [1.54, 1.807) is 6.92 Å². The van der Waals surface area contributed by atoms with Crippen LogP contribution in [-0.2, 0) is 11.2 Å². The zero-order valence-corrected chi connectivity index (χ0v) is 13.2. The lowest BCUT2D eigenvalue weighted by atomic mass is 10.1. The molecule has 0 N–H and O–H groups in total. The molecule has 1 rings (SSSR count). The Bertz CT molecular complexity index is 476. The van der Waals surface area contributed by atoms with Gasteiger partial charge in [0.05, 0.1) is 13.2 Å². The third-order valence-corrected chi connectivity index (χ3v) is 3.45. The van der Waals surface area contributed by atoms with Gasteiger partial charge >= 0.3 is 0 Å². The zero-order valence-electron chi connectivity index (χ0n) is 13.2. The average Bonchev–Trinajstić information content (AvgIpc) is 2.44. The summed E-state index contributed by atoms with van der Waals surface area (Å²) < 4.78 is 10.4. The van der Waals surface area contributed by atoms with Crippen molar-refractivity contribution >= 4 is 5.78 Å². The number of hydrogen-bond donors (Lipinski definition) is 0. The highest BCUT2D eigenvalue weighted by Gasteiger charge is 2.02. The molecule has 21 heavy (non-hydrogen) atoms. The zero-order chi connectivity index (χ0) is 15.5. The van der Waals surface area contributed by atoms with Crippen molar-refractivity contribution in [3.63, 3.8) is 0 Å². The Labute approximate surface area is 126 Å². The summed E-state index contributed by atoms with van der Waals surface area (Å²) in [6.45, 7) is 1.65. The van der Waals surface area contributed by atoms with E-state index in [-0.39, 0.29) is 17.2 Å². The van der Waals surface area contributed by atoms with E-state index in [0.717, 1.165) is 38.5 Å². The van der Waals surface area contributed by atoms with Gasteiger partial charge < -0.3 is 13.9 Å². The molecule has 4 nitrogen and oxygen atoms in total. The summed E-state index contributed by atoms with van der Waals surface area (Å²) in [7, 11) is 1.49. The molecular formula is C17H26O4. The maximum atomic E-state index is 11.4. The number of rotatable bonds is 11. The first-order valence-corrected chi connectivity index (χ1v) is 7.79. The van der Waals surface area contributed by atoms with Crippen molar-refractivity contribution in [1.29, 1.82) is 0 Å². The SMILES string of the molecule is COc1cc(=O)cc(CCCCCCCCCC(C)=O)o1. The van der Waals surface area contributed by atoms with Gasteiger partial charge in [0, 0.05) is 18.9 Å². The Hall–Kier alpha value is -1.58. The maximum absolute atomic E-state index is 11.4. The molecule has 0 aliphatic heterocycles. The molecule has 0 saturated carbocycles. The average molecular weight is 294 g/mol. The van der Waals surface area contributed by atoms with Crippen LogP contribution in [0.4, 0.5) is 0 Å². The van der Waals surface area contributed by atoms with Gasteiger partial charge in [0.15, 0.2) is 5.43 Å². The van der Waals surface area contributed by atoms with Crippen LogP contribution in [0.1, 0.15) is 64.1 Å². The van der Waals surface area contributed by atoms with Crippen molar-refractivity contribution in [2.75, 3.05) is 7.11 Å². The van der Waals surface area contributed by atoms with Crippen molar-refractivity contribution in [3.8, 4) is 5.95 Å². The lowest BCUT2D eigenvalue weighted by Crippen LogP contribution is -2.01. The second kappa shape index (κ2) is 10.2. The van der Waals surface area contributed by atoms with E-state index in [2.05, 4.69) is 0 Å². The monoisotopic (exact) mass is 294 g/mol. The van der Waals surface area contributed by atoms with Gasteiger partial charge in [-0.25, -0.2) is 0 Å². The molecular weight excluding hydrogens is 268 g/mol. The third kappa shape index (κ3) is 8.33. The van der Waals surface area contributed by atoms with Gasteiger partial charge in [0.25, 0.3) is 5.95 Å². The van der Waals surface area contributed by atoms with Crippen LogP contribution in [0.3, 0.4) is 0 Å². The van der Waals surface area contributed by atoms with Crippen molar-refractivity contribution in [2.45, 2.75) is 64.7 Å². The van der Waals surface area contributed by atoms with E-state index in [0.29, 0.717) is 5.76 Å². The molecule has 0 bridgehead atoms. The second-order valence-electron chi connectivity index (χ2n) is 5.46. The number of carbonyl (C=O) groups is 1. The van der Waals surface area contributed by atoms with E-state index < -0.39 is 0 Å². The summed E-state index contributed by atoms with van der Waals surface area (Å²) in [6.07, 6.45) is 9.40. The largest absolute Gasteiger partial charge is 0.468 e. The lowest BCUT2D eigenvalue weighted by molar-refractivity contribution is -0.117. The number of methoxy groups -OCH3 is 1. The van der Waals surface area contributed by atoms with E-state index in [1.807, 2.05) is 0 Å². The van der Waals surface area contributed by atoms with Crippen molar-refractivity contribution in [2.24, 2.45) is 0 Å². The highest BCUT2D eigenvalue weighted by molar-refractivity contribution is 5.75. The summed E-state index contributed by atoms with van der Waals surface area (Å²) in [5, 5.41) is 0. The normalized spacial score (nSPS) is 10.6. The Morgan fingerprint density at radius 1 is 1.05 bits per heavy atom. The Morgan fingerprint density at radius 3 is 2.29 bits per heavy atom. The molecule has 1 aromatic rings. The predicted octanol–water partition coefficient (Wildman–Crippen LogP) is 3.90. The van der Waals surface area contributed by atoms with E-state index in [9.17, 15) is 9.59 Å². The molecule has 1 aromatic heterocycles. The molecule has 4 heteroatoms. The van der Waals surface area contributed by atoms with Crippen molar-refractivity contribution in [3.05, 3.63) is 28.1 Å². The van der Waals surface area contributed by atoms with E-state index in [1.165, 1.54) is 38.5 Å². The topological polar surface area (TPSA) is 56.5 Å². The summed E-state index contributed by atoms with van der Waals surface area (Å²) in [5.74, 6) is 1.26. The Kier molecular flexibility index (Phi) is 8.48. The van der Waals surface area contributed by atoms with Gasteiger partial charge in [-0.1, -0.05) is 32.1 Å². The summed E-state index contributed by atoms with van der Waals surface area (Å²) in [5.41, 5.74) is -0.0708. The first-order valence-electron chi connectivity index (χ1n) is 7.79. The van der Waals surface area contributed by atoms with Gasteiger partial charge in [-0.05, 0) is 19.8 Å². The third-order valence-electron chi connectivity index (χ3n) is 3.45. The van der Waals surface area contributed by atoms with Crippen LogP contribution >= 0.6 is 0 Å². The molecule has 0 aromatic carbocycles.